The molecule has 1 rings (SSSR count). The third-order valence-electron chi connectivity index (χ3n) is 7.79. The molecule has 1 aliphatic rings. The van der Waals surface area contributed by atoms with Gasteiger partial charge in [0, 0.05) is 19.3 Å². The number of carbonyl (C=O) groups is 1. The molecule has 0 aromatic rings. The molecule has 220 valence electrons. The van der Waals surface area contributed by atoms with Crippen LogP contribution in [0, 0.1) is 5.92 Å². The standard InChI is InChI=1S/C30H60NO5P/c1-3-4-5-6-7-8-9-10-11-12-13-14-15-16-17-18-19-22-30(27-29(2)32)28-36-37(33,34)35-26-25-31-23-20-21-24-31/h30H,3-28H2,1-2H3,(H,33,34)/p+1. The summed E-state index contributed by atoms with van der Waals surface area (Å²) in [4.78, 5) is 23.1. The first kappa shape index (κ1) is 34.8. The maximum Gasteiger partial charge on any atom is 0.472 e. The molecule has 0 aromatic carbocycles. The molecule has 37 heavy (non-hydrogen) atoms. The molecule has 2 unspecified atom stereocenters. The van der Waals surface area contributed by atoms with Crippen molar-refractivity contribution in [3.63, 3.8) is 0 Å². The van der Waals surface area contributed by atoms with Crippen LogP contribution < -0.4 is 4.90 Å². The third kappa shape index (κ3) is 22.3. The summed E-state index contributed by atoms with van der Waals surface area (Å²) in [5, 5.41) is 0. The minimum absolute atomic E-state index is 0.0119. The monoisotopic (exact) mass is 546 g/mol. The van der Waals surface area contributed by atoms with Gasteiger partial charge in [-0.05, 0) is 19.3 Å². The first-order chi connectivity index (χ1) is 17.9. The van der Waals surface area contributed by atoms with Gasteiger partial charge in [0.2, 0.25) is 0 Å². The largest absolute Gasteiger partial charge is 0.472 e. The van der Waals surface area contributed by atoms with E-state index in [1.807, 2.05) is 0 Å². The minimum Gasteiger partial charge on any atom is -0.333 e. The topological polar surface area (TPSA) is 77.3 Å². The minimum atomic E-state index is -4.05. The highest BCUT2D eigenvalue weighted by Gasteiger charge is 2.25. The molecule has 1 aliphatic heterocycles. The maximum absolute atomic E-state index is 12.2. The van der Waals surface area contributed by atoms with Crippen LogP contribution in [-0.2, 0) is 18.4 Å². The number of ketones is 1. The smallest absolute Gasteiger partial charge is 0.333 e. The van der Waals surface area contributed by atoms with E-state index in [4.69, 9.17) is 9.05 Å². The zero-order valence-corrected chi connectivity index (χ0v) is 25.4. The predicted octanol–water partition coefficient (Wildman–Crippen LogP) is 7.44. The van der Waals surface area contributed by atoms with Crippen LogP contribution in [-0.4, -0.2) is 43.5 Å². The van der Waals surface area contributed by atoms with Gasteiger partial charge in [-0.15, -0.1) is 0 Å². The zero-order chi connectivity index (χ0) is 27.0. The zero-order valence-electron chi connectivity index (χ0n) is 24.5. The number of phosphoric acid groups is 1. The van der Waals surface area contributed by atoms with Crippen molar-refractivity contribution in [3.05, 3.63) is 0 Å². The Balaban J connectivity index is 1.98. The van der Waals surface area contributed by atoms with Gasteiger partial charge in [0.25, 0.3) is 0 Å². The van der Waals surface area contributed by atoms with E-state index in [0.29, 0.717) is 6.42 Å². The van der Waals surface area contributed by atoms with Gasteiger partial charge in [0.15, 0.2) is 0 Å². The van der Waals surface area contributed by atoms with Gasteiger partial charge < -0.3 is 14.6 Å². The molecule has 1 fully saturated rings. The molecule has 0 aliphatic carbocycles. The Morgan fingerprint density at radius 3 is 1.70 bits per heavy atom. The van der Waals surface area contributed by atoms with Crippen LogP contribution in [0.25, 0.3) is 0 Å². The lowest BCUT2D eigenvalue weighted by atomic mass is 9.96. The van der Waals surface area contributed by atoms with Gasteiger partial charge >= 0.3 is 7.82 Å². The van der Waals surface area contributed by atoms with Crippen molar-refractivity contribution < 1.29 is 28.2 Å². The molecule has 0 saturated carbocycles. The lowest BCUT2D eigenvalue weighted by Crippen LogP contribution is -3.10. The highest BCUT2D eigenvalue weighted by atomic mass is 31.2. The van der Waals surface area contributed by atoms with Gasteiger partial charge in [0.1, 0.15) is 18.9 Å². The molecule has 0 spiro atoms. The number of Topliss-reactive ketones (excluding diaryl/α,β-unsaturated/α-hetero) is 1. The molecule has 0 amide bonds. The molecular formula is C30H61NO5P+. The van der Waals surface area contributed by atoms with E-state index >= 15 is 0 Å². The Hall–Kier alpha value is -0.260. The molecule has 0 bridgehead atoms. The summed E-state index contributed by atoms with van der Waals surface area (Å²) < 4.78 is 22.7. The number of carbonyl (C=O) groups excluding carboxylic acids is 1. The highest BCUT2D eigenvalue weighted by molar-refractivity contribution is 7.47. The van der Waals surface area contributed by atoms with Gasteiger partial charge in [-0.2, -0.15) is 0 Å². The number of unbranched alkanes of at least 4 members (excludes halogenated alkanes) is 16. The van der Waals surface area contributed by atoms with Crippen LogP contribution in [0.1, 0.15) is 149 Å². The van der Waals surface area contributed by atoms with E-state index in [1.54, 1.807) is 6.92 Å². The van der Waals surface area contributed by atoms with E-state index in [-0.39, 0.29) is 24.9 Å². The number of hydrogen-bond acceptors (Lipinski definition) is 4. The van der Waals surface area contributed by atoms with Crippen LogP contribution in [0.4, 0.5) is 0 Å². The maximum atomic E-state index is 12.2. The van der Waals surface area contributed by atoms with Crippen LogP contribution >= 0.6 is 7.82 Å². The number of hydrogen-bond donors (Lipinski definition) is 2. The summed E-state index contributed by atoms with van der Waals surface area (Å²) >= 11 is 0. The predicted molar refractivity (Wildman–Crippen MR) is 154 cm³/mol. The summed E-state index contributed by atoms with van der Waals surface area (Å²) in [5.41, 5.74) is 0. The van der Waals surface area contributed by atoms with Crippen LogP contribution in [0.15, 0.2) is 0 Å². The summed E-state index contributed by atoms with van der Waals surface area (Å²) in [5.74, 6) is 0.0917. The Bertz CT molecular complexity index is 582. The lowest BCUT2D eigenvalue weighted by Gasteiger charge is -2.19. The second-order valence-electron chi connectivity index (χ2n) is 11.5. The number of likely N-dealkylation sites (tertiary alicyclic amines) is 1. The molecule has 0 aromatic heterocycles. The second kappa shape index (κ2) is 23.6. The first-order valence-corrected chi connectivity index (χ1v) is 17.4. The quantitative estimate of drug-likeness (QED) is 0.0827. The Labute approximate surface area is 229 Å². The first-order valence-electron chi connectivity index (χ1n) is 15.9. The number of nitrogens with one attached hydrogen (secondary N) is 1. The van der Waals surface area contributed by atoms with E-state index in [0.717, 1.165) is 38.9 Å². The Morgan fingerprint density at radius 1 is 0.784 bits per heavy atom. The fourth-order valence-electron chi connectivity index (χ4n) is 5.48. The van der Waals surface area contributed by atoms with Crippen molar-refractivity contribution in [3.8, 4) is 0 Å². The summed E-state index contributed by atoms with van der Waals surface area (Å²) in [6.07, 6.45) is 26.5. The molecule has 7 heteroatoms. The average molecular weight is 547 g/mol. The van der Waals surface area contributed by atoms with E-state index in [1.165, 1.54) is 114 Å². The molecule has 0 radical (unpaired) electrons. The van der Waals surface area contributed by atoms with Crippen molar-refractivity contribution in [2.45, 2.75) is 149 Å². The highest BCUT2D eigenvalue weighted by Crippen LogP contribution is 2.43. The Kier molecular flexibility index (Phi) is 22.2. The second-order valence-corrected chi connectivity index (χ2v) is 13.0. The fraction of sp³-hybridized carbons (Fsp3) is 0.967. The summed E-state index contributed by atoms with van der Waals surface area (Å²) in [6, 6.07) is 0. The van der Waals surface area contributed by atoms with Crippen LogP contribution in [0.5, 0.6) is 0 Å². The number of quaternary nitrogens is 1. The van der Waals surface area contributed by atoms with Gasteiger partial charge in [-0.1, -0.05) is 116 Å². The molecule has 1 heterocycles. The van der Waals surface area contributed by atoms with Crippen LogP contribution in [0.2, 0.25) is 0 Å². The van der Waals surface area contributed by atoms with Gasteiger partial charge in [-0.25, -0.2) is 4.57 Å². The molecule has 2 N–H and O–H groups in total. The normalized spacial score (nSPS) is 16.7. The summed E-state index contributed by atoms with van der Waals surface area (Å²) in [6.45, 7) is 7.17. The number of rotatable bonds is 27. The van der Waals surface area contributed by atoms with E-state index in [2.05, 4.69) is 6.92 Å². The molecular weight excluding hydrogens is 485 g/mol. The third-order valence-corrected chi connectivity index (χ3v) is 8.77. The summed E-state index contributed by atoms with van der Waals surface area (Å²) in [7, 11) is -4.05. The van der Waals surface area contributed by atoms with Gasteiger partial charge in [0.05, 0.1) is 19.7 Å². The van der Waals surface area contributed by atoms with Crippen molar-refractivity contribution in [1.29, 1.82) is 0 Å². The van der Waals surface area contributed by atoms with Crippen molar-refractivity contribution in [2.75, 3.05) is 32.8 Å². The van der Waals surface area contributed by atoms with Crippen molar-refractivity contribution in [1.82, 2.24) is 0 Å². The van der Waals surface area contributed by atoms with Gasteiger partial charge in [-0.3, -0.25) is 9.05 Å². The van der Waals surface area contributed by atoms with Crippen molar-refractivity contribution in [2.24, 2.45) is 5.92 Å². The molecule has 2 atom stereocenters. The van der Waals surface area contributed by atoms with E-state index in [9.17, 15) is 14.3 Å². The van der Waals surface area contributed by atoms with Crippen LogP contribution in [0.3, 0.4) is 0 Å². The SMILES string of the molecule is CCCCCCCCCCCCCCCCCCCC(COP(=O)(O)OCC[NH+]1CCCC1)CC(C)=O. The average Bonchev–Trinajstić information content (AvgIpc) is 3.37. The van der Waals surface area contributed by atoms with Crippen molar-refractivity contribution >= 4 is 13.6 Å². The number of phosphoric ester groups is 1. The lowest BCUT2D eigenvalue weighted by molar-refractivity contribution is -0.887. The fourth-order valence-corrected chi connectivity index (χ4v) is 6.27. The molecule has 1 saturated heterocycles. The molecule has 6 nitrogen and oxygen atoms in total. The van der Waals surface area contributed by atoms with E-state index < -0.39 is 7.82 Å². The Morgan fingerprint density at radius 2 is 1.24 bits per heavy atom.